The van der Waals surface area contributed by atoms with Gasteiger partial charge in [0.05, 0.1) is 11.4 Å². The Bertz CT molecular complexity index is 925. The van der Waals surface area contributed by atoms with Crippen LogP contribution in [0.1, 0.15) is 33.7 Å². The average Bonchev–Trinajstić information content (AvgIpc) is 2.99. The third-order valence-electron chi connectivity index (χ3n) is 4.72. The van der Waals surface area contributed by atoms with Gasteiger partial charge in [-0.2, -0.15) is 5.10 Å². The number of fused-ring (bicyclic) bond motifs is 1. The van der Waals surface area contributed by atoms with Crippen molar-refractivity contribution in [1.82, 2.24) is 9.78 Å². The number of benzene rings is 2. The Balaban J connectivity index is 1.63. The maximum atomic E-state index is 13.0. The van der Waals surface area contributed by atoms with Gasteiger partial charge in [0.25, 0.3) is 5.91 Å². The van der Waals surface area contributed by atoms with Gasteiger partial charge < -0.3 is 4.90 Å². The molecule has 3 aromatic rings. The van der Waals surface area contributed by atoms with Crippen LogP contribution in [0.15, 0.2) is 54.6 Å². The first-order valence-corrected chi connectivity index (χ1v) is 8.67. The van der Waals surface area contributed by atoms with Crippen molar-refractivity contribution >= 4 is 11.6 Å². The zero-order valence-electron chi connectivity index (χ0n) is 14.6. The van der Waals surface area contributed by atoms with Gasteiger partial charge in [0.1, 0.15) is 0 Å². The van der Waals surface area contributed by atoms with E-state index < -0.39 is 0 Å². The van der Waals surface area contributed by atoms with Crippen LogP contribution < -0.4 is 4.90 Å². The van der Waals surface area contributed by atoms with Gasteiger partial charge in [0.15, 0.2) is 0 Å². The second-order valence-corrected chi connectivity index (χ2v) is 6.57. The molecule has 0 N–H and O–H groups in total. The Labute approximate surface area is 147 Å². The van der Waals surface area contributed by atoms with Crippen molar-refractivity contribution < 1.29 is 4.79 Å². The van der Waals surface area contributed by atoms with Crippen LogP contribution in [0.5, 0.6) is 0 Å². The molecule has 1 aliphatic heterocycles. The summed E-state index contributed by atoms with van der Waals surface area (Å²) in [6.07, 6.45) is 2.05. The number of aromatic nitrogens is 2. The molecular formula is C21H21N3O. The van der Waals surface area contributed by atoms with E-state index >= 15 is 0 Å². The molecule has 0 radical (unpaired) electrons. The third-order valence-corrected chi connectivity index (χ3v) is 4.72. The highest BCUT2D eigenvalue weighted by molar-refractivity contribution is 6.06. The van der Waals surface area contributed by atoms with E-state index in [-0.39, 0.29) is 5.91 Å². The molecule has 0 saturated carbocycles. The normalized spacial score (nSPS) is 13.6. The van der Waals surface area contributed by atoms with Crippen molar-refractivity contribution in [2.75, 3.05) is 11.4 Å². The van der Waals surface area contributed by atoms with Crippen LogP contribution in [0.3, 0.4) is 0 Å². The molecule has 0 atom stereocenters. The summed E-state index contributed by atoms with van der Waals surface area (Å²) in [4.78, 5) is 14.9. The van der Waals surface area contributed by atoms with E-state index in [0.29, 0.717) is 5.56 Å². The first kappa shape index (κ1) is 15.6. The summed E-state index contributed by atoms with van der Waals surface area (Å²) in [6, 6.07) is 17.9. The average molecular weight is 331 g/mol. The van der Waals surface area contributed by atoms with Gasteiger partial charge in [0.2, 0.25) is 0 Å². The van der Waals surface area contributed by atoms with Crippen molar-refractivity contribution in [2.24, 2.45) is 0 Å². The Morgan fingerprint density at radius 2 is 1.80 bits per heavy atom. The predicted molar refractivity (Wildman–Crippen MR) is 99.5 cm³/mol. The van der Waals surface area contributed by atoms with E-state index in [1.807, 2.05) is 72.0 Å². The van der Waals surface area contributed by atoms with Gasteiger partial charge >= 0.3 is 0 Å². The lowest BCUT2D eigenvalue weighted by molar-refractivity contribution is 0.0985. The van der Waals surface area contributed by atoms with Crippen molar-refractivity contribution in [3.63, 3.8) is 0 Å². The van der Waals surface area contributed by atoms with Crippen LogP contribution in [-0.4, -0.2) is 22.2 Å². The summed E-state index contributed by atoms with van der Waals surface area (Å²) in [5, 5.41) is 4.50. The van der Waals surface area contributed by atoms with Crippen LogP contribution in [-0.2, 0) is 6.42 Å². The van der Waals surface area contributed by atoms with Crippen molar-refractivity contribution in [3.05, 3.63) is 77.1 Å². The molecule has 1 amide bonds. The first-order chi connectivity index (χ1) is 12.1. The SMILES string of the molecule is Cc1cc(C)n(-c2ccc(C(=O)N3CCCc4ccccc43)cc2)n1. The predicted octanol–water partition coefficient (Wildman–Crippen LogP) is 4.08. The van der Waals surface area contributed by atoms with Crippen molar-refractivity contribution in [1.29, 1.82) is 0 Å². The number of nitrogens with zero attached hydrogens (tertiary/aromatic N) is 3. The van der Waals surface area contributed by atoms with Crippen LogP contribution >= 0.6 is 0 Å². The molecule has 0 spiro atoms. The molecule has 4 rings (SSSR count). The van der Waals surface area contributed by atoms with E-state index in [1.54, 1.807) is 0 Å². The molecule has 0 unspecified atom stereocenters. The van der Waals surface area contributed by atoms with Gasteiger partial charge in [-0.25, -0.2) is 4.68 Å². The monoisotopic (exact) mass is 331 g/mol. The summed E-state index contributed by atoms with van der Waals surface area (Å²) in [6.45, 7) is 4.79. The number of aryl methyl sites for hydroxylation is 3. The van der Waals surface area contributed by atoms with Gasteiger partial charge in [0, 0.05) is 23.5 Å². The number of hydrogen-bond acceptors (Lipinski definition) is 2. The lowest BCUT2D eigenvalue weighted by Crippen LogP contribution is -2.35. The summed E-state index contributed by atoms with van der Waals surface area (Å²) in [5.74, 6) is 0.0621. The molecule has 1 aliphatic rings. The Kier molecular flexibility index (Phi) is 3.88. The highest BCUT2D eigenvalue weighted by Gasteiger charge is 2.23. The van der Waals surface area contributed by atoms with Gasteiger partial charge in [-0.15, -0.1) is 0 Å². The zero-order valence-corrected chi connectivity index (χ0v) is 14.6. The first-order valence-electron chi connectivity index (χ1n) is 8.67. The lowest BCUT2D eigenvalue weighted by atomic mass is 10.0. The Morgan fingerprint density at radius 1 is 1.04 bits per heavy atom. The van der Waals surface area contributed by atoms with E-state index in [9.17, 15) is 4.79 Å². The van der Waals surface area contributed by atoms with Gasteiger partial charge in [-0.05, 0) is 68.7 Å². The number of anilines is 1. The van der Waals surface area contributed by atoms with Gasteiger partial charge in [-0.1, -0.05) is 18.2 Å². The molecule has 2 heterocycles. The summed E-state index contributed by atoms with van der Waals surface area (Å²) < 4.78 is 1.90. The van der Waals surface area contributed by atoms with Crippen LogP contribution in [0.4, 0.5) is 5.69 Å². The van der Waals surface area contributed by atoms with E-state index in [2.05, 4.69) is 11.2 Å². The molecule has 1 aromatic heterocycles. The number of amides is 1. The zero-order chi connectivity index (χ0) is 17.4. The summed E-state index contributed by atoms with van der Waals surface area (Å²) in [5.41, 5.74) is 6.05. The molecule has 25 heavy (non-hydrogen) atoms. The van der Waals surface area contributed by atoms with Crippen molar-refractivity contribution in [3.8, 4) is 5.69 Å². The standard InChI is InChI=1S/C21H21N3O/c1-15-14-16(2)24(22-15)19-11-9-18(10-12-19)21(25)23-13-5-7-17-6-3-4-8-20(17)23/h3-4,6,8-12,14H,5,7,13H2,1-2H3. The fourth-order valence-corrected chi connectivity index (χ4v) is 3.54. The summed E-state index contributed by atoms with van der Waals surface area (Å²) in [7, 11) is 0. The molecule has 0 bridgehead atoms. The van der Waals surface area contributed by atoms with Gasteiger partial charge in [-0.3, -0.25) is 4.79 Å². The minimum absolute atomic E-state index is 0.0621. The quantitative estimate of drug-likeness (QED) is 0.709. The largest absolute Gasteiger partial charge is 0.308 e. The molecule has 0 aliphatic carbocycles. The fourth-order valence-electron chi connectivity index (χ4n) is 3.54. The second-order valence-electron chi connectivity index (χ2n) is 6.57. The minimum atomic E-state index is 0.0621. The molecule has 4 nitrogen and oxygen atoms in total. The number of carbonyl (C=O) groups is 1. The van der Waals surface area contributed by atoms with E-state index in [0.717, 1.165) is 42.1 Å². The molecular weight excluding hydrogens is 310 g/mol. The fraction of sp³-hybridized carbons (Fsp3) is 0.238. The molecule has 0 saturated heterocycles. The molecule has 0 fully saturated rings. The number of hydrogen-bond donors (Lipinski definition) is 0. The van der Waals surface area contributed by atoms with E-state index in [1.165, 1.54) is 5.56 Å². The minimum Gasteiger partial charge on any atom is -0.308 e. The van der Waals surface area contributed by atoms with E-state index in [4.69, 9.17) is 0 Å². The molecule has 2 aromatic carbocycles. The Morgan fingerprint density at radius 3 is 2.52 bits per heavy atom. The number of rotatable bonds is 2. The summed E-state index contributed by atoms with van der Waals surface area (Å²) >= 11 is 0. The highest BCUT2D eigenvalue weighted by Crippen LogP contribution is 2.28. The molecule has 4 heteroatoms. The van der Waals surface area contributed by atoms with Crippen molar-refractivity contribution in [2.45, 2.75) is 26.7 Å². The topological polar surface area (TPSA) is 38.1 Å². The van der Waals surface area contributed by atoms with Crippen LogP contribution in [0, 0.1) is 13.8 Å². The smallest absolute Gasteiger partial charge is 0.258 e. The van der Waals surface area contributed by atoms with Crippen LogP contribution in [0.25, 0.3) is 5.69 Å². The second kappa shape index (κ2) is 6.20. The third kappa shape index (κ3) is 2.84. The number of para-hydroxylation sites is 1. The molecule has 126 valence electrons. The maximum Gasteiger partial charge on any atom is 0.258 e. The Hall–Kier alpha value is -2.88. The lowest BCUT2D eigenvalue weighted by Gasteiger charge is -2.29. The number of carbonyl (C=O) groups excluding carboxylic acids is 1. The maximum absolute atomic E-state index is 13.0. The highest BCUT2D eigenvalue weighted by atomic mass is 16.2. The van der Waals surface area contributed by atoms with Crippen LogP contribution in [0.2, 0.25) is 0 Å².